The molecule has 4 rings (SSSR count). The maximum atomic E-state index is 4.65. The van der Waals surface area contributed by atoms with Gasteiger partial charge in [0.2, 0.25) is 0 Å². The summed E-state index contributed by atoms with van der Waals surface area (Å²) in [5.74, 6) is 0. The minimum absolute atomic E-state index is 0.937. The molecule has 0 unspecified atom stereocenters. The van der Waals surface area contributed by atoms with Gasteiger partial charge in [0, 0.05) is 21.0 Å². The molecule has 0 amide bonds. The number of hydrogen-bond acceptors (Lipinski definition) is 5. The first-order chi connectivity index (χ1) is 10.8. The standard InChI is InChI=1S/C17H18N2S3/c1-3-4-13-16(19-8-7-18-17(19)22-13)15-9-11-5-6-12(20-2)10-14(11)21-15/h5-6,9-10H,3-4,7-8H2,1-2H3. The minimum atomic E-state index is 0.937. The van der Waals surface area contributed by atoms with Crippen molar-refractivity contribution in [1.29, 1.82) is 0 Å². The van der Waals surface area contributed by atoms with E-state index >= 15 is 0 Å². The van der Waals surface area contributed by atoms with Gasteiger partial charge in [-0.25, -0.2) is 0 Å². The van der Waals surface area contributed by atoms with E-state index in [4.69, 9.17) is 0 Å². The van der Waals surface area contributed by atoms with Gasteiger partial charge >= 0.3 is 0 Å². The van der Waals surface area contributed by atoms with Crippen LogP contribution in [0.4, 0.5) is 0 Å². The highest BCUT2D eigenvalue weighted by Crippen LogP contribution is 2.46. The molecule has 0 atom stereocenters. The van der Waals surface area contributed by atoms with Gasteiger partial charge in [-0.15, -0.1) is 23.1 Å². The van der Waals surface area contributed by atoms with E-state index < -0.39 is 0 Å². The Morgan fingerprint density at radius 2 is 2.23 bits per heavy atom. The lowest BCUT2D eigenvalue weighted by Gasteiger charge is -2.15. The van der Waals surface area contributed by atoms with Crippen molar-refractivity contribution < 1.29 is 0 Å². The van der Waals surface area contributed by atoms with Crippen molar-refractivity contribution in [2.24, 2.45) is 4.99 Å². The number of thiophene rings is 1. The molecule has 0 radical (unpaired) electrons. The topological polar surface area (TPSA) is 15.6 Å². The first kappa shape index (κ1) is 14.7. The van der Waals surface area contributed by atoms with Crippen LogP contribution in [0.15, 0.2) is 39.1 Å². The van der Waals surface area contributed by atoms with Crippen LogP contribution in [0.5, 0.6) is 0 Å². The maximum absolute atomic E-state index is 4.65. The highest BCUT2D eigenvalue weighted by atomic mass is 32.2. The molecule has 0 saturated carbocycles. The Morgan fingerprint density at radius 3 is 3.05 bits per heavy atom. The molecule has 114 valence electrons. The molecular weight excluding hydrogens is 328 g/mol. The van der Waals surface area contributed by atoms with Crippen LogP contribution in [0.3, 0.4) is 0 Å². The second-order valence-corrected chi connectivity index (χ2v) is 8.48. The van der Waals surface area contributed by atoms with Gasteiger partial charge in [0.15, 0.2) is 5.17 Å². The fraction of sp³-hybridized carbons (Fsp3) is 0.353. The van der Waals surface area contributed by atoms with Gasteiger partial charge in [-0.05, 0) is 36.3 Å². The zero-order chi connectivity index (χ0) is 15.1. The summed E-state index contributed by atoms with van der Waals surface area (Å²) in [6.45, 7) is 4.23. The Balaban J connectivity index is 1.81. The lowest BCUT2D eigenvalue weighted by Crippen LogP contribution is -2.19. The molecule has 22 heavy (non-hydrogen) atoms. The van der Waals surface area contributed by atoms with E-state index in [0.717, 1.165) is 19.5 Å². The molecule has 2 aliphatic rings. The quantitative estimate of drug-likeness (QED) is 0.679. The van der Waals surface area contributed by atoms with Crippen molar-refractivity contribution in [3.63, 3.8) is 0 Å². The predicted octanol–water partition coefficient (Wildman–Crippen LogP) is 5.51. The molecule has 0 fully saturated rings. The number of allylic oxidation sites excluding steroid dienone is 1. The number of nitrogens with zero attached hydrogens (tertiary/aromatic N) is 2. The molecule has 3 heterocycles. The van der Waals surface area contributed by atoms with Crippen LogP contribution in [-0.2, 0) is 0 Å². The van der Waals surface area contributed by atoms with Gasteiger partial charge in [0.25, 0.3) is 0 Å². The van der Waals surface area contributed by atoms with Crippen molar-refractivity contribution in [2.75, 3.05) is 19.3 Å². The number of hydrogen-bond donors (Lipinski definition) is 0. The van der Waals surface area contributed by atoms with Crippen LogP contribution in [-0.4, -0.2) is 29.4 Å². The molecule has 1 aromatic carbocycles. The van der Waals surface area contributed by atoms with E-state index in [-0.39, 0.29) is 0 Å². The monoisotopic (exact) mass is 346 g/mol. The van der Waals surface area contributed by atoms with E-state index in [0.29, 0.717) is 0 Å². The summed E-state index contributed by atoms with van der Waals surface area (Å²) < 4.78 is 1.39. The molecular formula is C17H18N2S3. The van der Waals surface area contributed by atoms with Gasteiger partial charge in [0.1, 0.15) is 0 Å². The number of amidine groups is 1. The van der Waals surface area contributed by atoms with Gasteiger partial charge in [-0.2, -0.15) is 0 Å². The van der Waals surface area contributed by atoms with Crippen LogP contribution in [0.25, 0.3) is 15.8 Å². The van der Waals surface area contributed by atoms with Crippen LogP contribution in [0.1, 0.15) is 24.6 Å². The highest BCUT2D eigenvalue weighted by molar-refractivity contribution is 8.17. The molecule has 0 saturated heterocycles. The molecule has 1 aromatic heterocycles. The minimum Gasteiger partial charge on any atom is -0.317 e. The lowest BCUT2D eigenvalue weighted by molar-refractivity contribution is 0.647. The third kappa shape index (κ3) is 2.39. The van der Waals surface area contributed by atoms with Crippen molar-refractivity contribution >= 4 is 55.8 Å². The predicted molar refractivity (Wildman–Crippen MR) is 102 cm³/mol. The van der Waals surface area contributed by atoms with Crippen molar-refractivity contribution in [2.45, 2.75) is 24.7 Å². The first-order valence-corrected chi connectivity index (χ1v) is 10.5. The number of fused-ring (bicyclic) bond motifs is 2. The van der Waals surface area contributed by atoms with Gasteiger partial charge in [-0.3, -0.25) is 4.99 Å². The van der Waals surface area contributed by atoms with Crippen molar-refractivity contribution in [3.8, 4) is 0 Å². The zero-order valence-corrected chi connectivity index (χ0v) is 15.2. The van der Waals surface area contributed by atoms with E-state index in [1.165, 1.54) is 42.0 Å². The van der Waals surface area contributed by atoms with Crippen LogP contribution >= 0.6 is 34.9 Å². The third-order valence-electron chi connectivity index (χ3n) is 3.99. The highest BCUT2D eigenvalue weighted by Gasteiger charge is 2.33. The van der Waals surface area contributed by atoms with Crippen LogP contribution in [0.2, 0.25) is 0 Å². The van der Waals surface area contributed by atoms with E-state index in [1.807, 2.05) is 34.9 Å². The number of rotatable bonds is 4. The second kappa shape index (κ2) is 5.95. The Kier molecular flexibility index (Phi) is 3.96. The molecule has 2 aromatic rings. The molecule has 2 nitrogen and oxygen atoms in total. The molecule has 0 bridgehead atoms. The number of benzene rings is 1. The second-order valence-electron chi connectivity index (χ2n) is 5.45. The van der Waals surface area contributed by atoms with E-state index in [1.54, 1.807) is 0 Å². The molecule has 0 spiro atoms. The number of aliphatic imine (C=N–C) groups is 1. The van der Waals surface area contributed by atoms with Crippen molar-refractivity contribution in [1.82, 2.24) is 4.90 Å². The average Bonchev–Trinajstić information content (AvgIpc) is 3.19. The summed E-state index contributed by atoms with van der Waals surface area (Å²) in [4.78, 5) is 11.3. The van der Waals surface area contributed by atoms with Gasteiger partial charge in [-0.1, -0.05) is 31.2 Å². The Hall–Kier alpha value is -0.910. The van der Waals surface area contributed by atoms with Gasteiger partial charge in [0.05, 0.1) is 17.1 Å². The van der Waals surface area contributed by atoms with Crippen LogP contribution in [0, 0.1) is 0 Å². The average molecular weight is 347 g/mol. The first-order valence-electron chi connectivity index (χ1n) is 7.61. The summed E-state index contributed by atoms with van der Waals surface area (Å²) in [6, 6.07) is 9.14. The lowest BCUT2D eigenvalue weighted by atomic mass is 10.2. The Morgan fingerprint density at radius 1 is 1.32 bits per heavy atom. The molecule has 5 heteroatoms. The fourth-order valence-corrected chi connectivity index (χ4v) is 6.01. The number of thioether (sulfide) groups is 2. The normalized spacial score (nSPS) is 17.5. The third-order valence-corrected chi connectivity index (χ3v) is 6.99. The summed E-state index contributed by atoms with van der Waals surface area (Å²) in [7, 11) is 0. The molecule has 0 aliphatic carbocycles. The maximum Gasteiger partial charge on any atom is 0.168 e. The van der Waals surface area contributed by atoms with E-state index in [2.05, 4.69) is 47.3 Å². The summed E-state index contributed by atoms with van der Waals surface area (Å²) >= 11 is 5.62. The molecule has 2 aliphatic heterocycles. The smallest absolute Gasteiger partial charge is 0.168 e. The SMILES string of the molecule is CCCC1=C(c2cc3ccc(SC)cc3s2)N2CCN=C2S1. The Labute approximate surface area is 143 Å². The van der Waals surface area contributed by atoms with E-state index in [9.17, 15) is 0 Å². The molecule has 0 N–H and O–H groups in total. The summed E-state index contributed by atoms with van der Waals surface area (Å²) in [5.41, 5.74) is 1.43. The summed E-state index contributed by atoms with van der Waals surface area (Å²) in [6.07, 6.45) is 4.48. The Bertz CT molecular complexity index is 788. The van der Waals surface area contributed by atoms with Gasteiger partial charge < -0.3 is 4.90 Å². The largest absolute Gasteiger partial charge is 0.317 e. The fourth-order valence-electron chi connectivity index (χ4n) is 2.95. The zero-order valence-electron chi connectivity index (χ0n) is 12.8. The van der Waals surface area contributed by atoms with Crippen molar-refractivity contribution in [3.05, 3.63) is 34.0 Å². The van der Waals surface area contributed by atoms with Crippen LogP contribution < -0.4 is 0 Å². The summed E-state index contributed by atoms with van der Waals surface area (Å²) in [5, 5.41) is 2.57.